The molecule has 22 heteroatoms. The smallest absolute Gasteiger partial charge is 0.303 e. The van der Waals surface area contributed by atoms with E-state index in [1.54, 1.807) is 0 Å². The average molecular weight is 1140 g/mol. The number of carbonyl (C=O) groups is 1. The van der Waals surface area contributed by atoms with E-state index < -0.39 is 28.2 Å². The molecule has 5 aromatic heterocycles. The Morgan fingerprint density at radius 2 is 1.34 bits per heavy atom. The van der Waals surface area contributed by atoms with Gasteiger partial charge in [0.05, 0.1) is 18.0 Å². The maximum absolute atomic E-state index is 13.7. The van der Waals surface area contributed by atoms with Crippen molar-refractivity contribution in [2.24, 2.45) is 26.4 Å². The van der Waals surface area contributed by atoms with Gasteiger partial charge in [0.15, 0.2) is 23.1 Å². The first-order chi connectivity index (χ1) is 39.2. The lowest BCUT2D eigenvalue weighted by molar-refractivity contribution is -0.137. The van der Waals surface area contributed by atoms with Crippen molar-refractivity contribution in [3.63, 3.8) is 0 Å². The van der Waals surface area contributed by atoms with Crippen LogP contribution in [0.4, 0.5) is 51.7 Å². The van der Waals surface area contributed by atoms with Crippen LogP contribution in [0.5, 0.6) is 5.88 Å². The number of rotatable bonds is 20. The first-order valence-corrected chi connectivity index (χ1v) is 28.5. The zero-order valence-corrected chi connectivity index (χ0v) is 51.2. The minimum Gasteiger partial charge on any atom is -0.493 e. The minimum absolute atomic E-state index is 0.0391. The average Bonchev–Trinajstić information content (AvgIpc) is 3.63. The number of aliphatic carboxylic acids is 1. The molecule has 0 aliphatic heterocycles. The molecule has 0 saturated heterocycles. The molecule has 21 nitrogen and oxygen atoms in total. The van der Waals surface area contributed by atoms with Crippen molar-refractivity contribution >= 4 is 69.0 Å². The largest absolute Gasteiger partial charge is 0.493 e. The maximum Gasteiger partial charge on any atom is 0.303 e. The number of anilines is 4. The highest BCUT2D eigenvalue weighted by atomic mass is 32.1. The molecule has 0 amide bonds. The molecule has 0 radical (unpaired) electrons. The fourth-order valence-electron chi connectivity index (χ4n) is 10.3. The summed E-state index contributed by atoms with van der Waals surface area (Å²) >= 11 is 1.01. The Morgan fingerprint density at radius 3 is 1.88 bits per heavy atom. The number of carboxylic acid groups (broad SMARTS) is 1. The number of hydrogen-bond acceptors (Lipinski definition) is 17. The standard InChI is InChI=1S/C61H73N17O4S/c1-18-20-22-41(19-2)32-76-56(81)42(30-62)40(10)48(57(76)82)68-70-55-49(64-17)52(61(14,15)16)74-78(55)59-72-71-58(83-59)77-54(43(31-63)51(73-77)60(11,12)13)69-67-47-37(7)29-44(65-53(47)66-46-35(5)25-33(3)26-36(46)6)75(24-21-23-45(79)80)50-38(8)27-34(4)28-39(50)9/h25-29,41,82H,18-24,32H2,1-16H3,(H,65,66)(H,79,80). The number of unbranched alkanes of at least 4 members (excludes halogenated alkanes) is 1. The van der Waals surface area contributed by atoms with Crippen molar-refractivity contribution < 1.29 is 15.0 Å². The number of carboxylic acids is 1. The fourth-order valence-corrected chi connectivity index (χ4v) is 11.0. The molecule has 1 atom stereocenters. The predicted octanol–water partition coefficient (Wildman–Crippen LogP) is 15.3. The summed E-state index contributed by atoms with van der Waals surface area (Å²) in [6.07, 6.45) is 3.77. The molecule has 7 aromatic rings. The van der Waals surface area contributed by atoms with Gasteiger partial charge in [-0.3, -0.25) is 14.2 Å². The van der Waals surface area contributed by atoms with Crippen LogP contribution in [0, 0.1) is 90.5 Å². The molecule has 0 bridgehead atoms. The van der Waals surface area contributed by atoms with E-state index in [1.807, 2.05) is 109 Å². The Morgan fingerprint density at radius 1 is 0.783 bits per heavy atom. The van der Waals surface area contributed by atoms with Crippen LogP contribution in [-0.2, 0) is 22.2 Å². The molecular weight excluding hydrogens is 1070 g/mol. The van der Waals surface area contributed by atoms with Crippen LogP contribution >= 0.6 is 11.3 Å². The van der Waals surface area contributed by atoms with Gasteiger partial charge in [0.1, 0.15) is 34.8 Å². The Balaban J connectivity index is 1.41. The second-order valence-electron chi connectivity index (χ2n) is 23.3. The van der Waals surface area contributed by atoms with E-state index in [9.17, 15) is 30.3 Å². The van der Waals surface area contributed by atoms with E-state index >= 15 is 0 Å². The molecule has 0 fully saturated rings. The van der Waals surface area contributed by atoms with Gasteiger partial charge in [-0.25, -0.2) is 9.83 Å². The zero-order chi connectivity index (χ0) is 61.0. The van der Waals surface area contributed by atoms with Gasteiger partial charge in [0.25, 0.3) is 11.2 Å². The summed E-state index contributed by atoms with van der Waals surface area (Å²) in [5.41, 5.74) is 7.67. The van der Waals surface area contributed by atoms with Gasteiger partial charge < -0.3 is 20.4 Å². The molecule has 0 saturated carbocycles. The monoisotopic (exact) mass is 1140 g/mol. The number of aromatic nitrogens is 8. The van der Waals surface area contributed by atoms with E-state index in [-0.39, 0.29) is 68.8 Å². The number of aryl methyl sites for hydroxylation is 7. The van der Waals surface area contributed by atoms with Crippen molar-refractivity contribution in [3.05, 3.63) is 119 Å². The van der Waals surface area contributed by atoms with Crippen molar-refractivity contribution in [1.82, 2.24) is 39.3 Å². The predicted molar refractivity (Wildman–Crippen MR) is 323 cm³/mol. The lowest BCUT2D eigenvalue weighted by Crippen LogP contribution is -2.27. The van der Waals surface area contributed by atoms with Crippen molar-refractivity contribution in [2.45, 2.75) is 167 Å². The van der Waals surface area contributed by atoms with E-state index in [2.05, 4.69) is 72.7 Å². The Hall–Kier alpha value is -8.94. The lowest BCUT2D eigenvalue weighted by Gasteiger charge is -2.29. The van der Waals surface area contributed by atoms with E-state index in [1.165, 1.54) is 20.9 Å². The second kappa shape index (κ2) is 25.1. The molecule has 2 aromatic carbocycles. The number of benzene rings is 2. The topological polar surface area (TPSA) is 270 Å². The van der Waals surface area contributed by atoms with Crippen molar-refractivity contribution in [1.29, 1.82) is 10.5 Å². The van der Waals surface area contributed by atoms with Gasteiger partial charge >= 0.3 is 5.97 Å². The maximum atomic E-state index is 13.7. The van der Waals surface area contributed by atoms with Gasteiger partial charge in [-0.15, -0.1) is 30.7 Å². The molecule has 0 aliphatic rings. The summed E-state index contributed by atoms with van der Waals surface area (Å²) in [7, 11) is 0. The molecule has 0 spiro atoms. The highest BCUT2D eigenvalue weighted by molar-refractivity contribution is 7.16. The molecule has 83 heavy (non-hydrogen) atoms. The normalized spacial score (nSPS) is 12.3. The van der Waals surface area contributed by atoms with Gasteiger partial charge in [-0.05, 0) is 113 Å². The van der Waals surface area contributed by atoms with Crippen LogP contribution in [0.1, 0.15) is 161 Å². The Kier molecular flexibility index (Phi) is 18.6. The molecule has 1 unspecified atom stereocenters. The zero-order valence-electron chi connectivity index (χ0n) is 50.4. The number of azo groups is 2. The number of aromatic hydroxyl groups is 1. The summed E-state index contributed by atoms with van der Waals surface area (Å²) in [5, 5.41) is 84.2. The minimum atomic E-state index is -0.897. The third-order valence-corrected chi connectivity index (χ3v) is 15.3. The summed E-state index contributed by atoms with van der Waals surface area (Å²) in [4.78, 5) is 36.7. The van der Waals surface area contributed by atoms with Crippen molar-refractivity contribution in [2.75, 3.05) is 16.8 Å². The second-order valence-corrected chi connectivity index (χ2v) is 24.2. The number of nitrogens with zero attached hydrogens (tertiary/aromatic N) is 16. The van der Waals surface area contributed by atoms with Crippen LogP contribution in [0.2, 0.25) is 0 Å². The summed E-state index contributed by atoms with van der Waals surface area (Å²) in [5.74, 6) is -0.386. The molecular formula is C61H73N17O4S. The third-order valence-electron chi connectivity index (χ3n) is 14.4. The molecule has 5 heterocycles. The van der Waals surface area contributed by atoms with Gasteiger partial charge in [-0.1, -0.05) is 121 Å². The molecule has 432 valence electrons. The van der Waals surface area contributed by atoms with E-state index in [0.29, 0.717) is 47.2 Å². The van der Waals surface area contributed by atoms with Crippen LogP contribution in [0.15, 0.2) is 55.6 Å². The van der Waals surface area contributed by atoms with Crippen molar-refractivity contribution in [3.8, 4) is 28.3 Å². The SMILES string of the molecule is [C-]#[N+]c1c(C(C)(C)C)nn(-c2nnc(-n3nc(C(C)(C)C)c(C#N)c3N=Nc3c(C)cc(N(CCCC(=O)O)c4c(C)cc(C)cc4C)nc3Nc3c(C)cc(C)cc3C)s2)c1N=Nc1c(C)c(C#N)c(=O)n(CC(CC)CCCC)c1O. The number of pyridine rings is 2. The first-order valence-electron chi connectivity index (χ1n) is 27.7. The summed E-state index contributed by atoms with van der Waals surface area (Å²) in [6, 6.07) is 14.6. The van der Waals surface area contributed by atoms with E-state index in [0.717, 1.165) is 81.8 Å². The lowest BCUT2D eigenvalue weighted by atomic mass is 9.90. The molecule has 7 rings (SSSR count). The summed E-state index contributed by atoms with van der Waals surface area (Å²) in [6.45, 7) is 40.0. The van der Waals surface area contributed by atoms with Crippen LogP contribution in [0.3, 0.4) is 0 Å². The summed E-state index contributed by atoms with van der Waals surface area (Å²) < 4.78 is 3.91. The van der Waals surface area contributed by atoms with Gasteiger partial charge in [0.2, 0.25) is 16.1 Å². The Labute approximate surface area is 489 Å². The van der Waals surface area contributed by atoms with Crippen LogP contribution < -0.4 is 15.8 Å². The van der Waals surface area contributed by atoms with Crippen LogP contribution in [0.25, 0.3) is 15.1 Å². The van der Waals surface area contributed by atoms with Crippen LogP contribution in [-0.4, -0.2) is 62.0 Å². The fraction of sp³-hybridized carbons (Fsp3) is 0.443. The van der Waals surface area contributed by atoms with Gasteiger partial charge in [-0.2, -0.15) is 30.1 Å². The highest BCUT2D eigenvalue weighted by Crippen LogP contribution is 2.45. The molecule has 0 aliphatic carbocycles. The molecule has 3 N–H and O–H groups in total. The first kappa shape index (κ1) is 61.7. The van der Waals surface area contributed by atoms with Gasteiger partial charge in [0, 0.05) is 41.9 Å². The number of hydrogen-bond donors (Lipinski definition) is 3. The highest BCUT2D eigenvalue weighted by Gasteiger charge is 2.33. The third kappa shape index (κ3) is 13.1. The number of nitrogens with one attached hydrogen (secondary N) is 1. The van der Waals surface area contributed by atoms with E-state index in [4.69, 9.17) is 32.0 Å². The number of nitriles is 2. The quantitative estimate of drug-likeness (QED) is 0.0474. The Bertz CT molecular complexity index is 3850.